The van der Waals surface area contributed by atoms with Gasteiger partial charge in [-0.3, -0.25) is 0 Å². The molecule has 0 unspecified atom stereocenters. The number of methoxy groups -OCH3 is 1. The lowest BCUT2D eigenvalue weighted by atomic mass is 10.2. The average molecular weight is 264 g/mol. The summed E-state index contributed by atoms with van der Waals surface area (Å²) in [7, 11) is 3.86. The van der Waals surface area contributed by atoms with Gasteiger partial charge in [0.2, 0.25) is 0 Å². The van der Waals surface area contributed by atoms with Crippen molar-refractivity contribution in [1.82, 2.24) is 5.32 Å². The maximum absolute atomic E-state index is 5.39. The highest BCUT2D eigenvalue weighted by molar-refractivity contribution is 5.57. The molecule has 0 radical (unpaired) electrons. The molecule has 0 aliphatic heterocycles. The number of rotatable bonds is 10. The van der Waals surface area contributed by atoms with Gasteiger partial charge in [0, 0.05) is 13.6 Å². The molecule has 0 aliphatic carbocycles. The van der Waals surface area contributed by atoms with Crippen LogP contribution in [0.4, 0.5) is 5.69 Å². The maximum Gasteiger partial charge on any atom is 0.142 e. The molecule has 1 rings (SSSR count). The lowest BCUT2D eigenvalue weighted by Gasteiger charge is -2.21. The second-order valence-electron chi connectivity index (χ2n) is 4.90. The third-order valence-corrected chi connectivity index (χ3v) is 3.27. The van der Waals surface area contributed by atoms with Crippen LogP contribution in [0.15, 0.2) is 24.3 Å². The van der Waals surface area contributed by atoms with Crippen molar-refractivity contribution in [2.75, 3.05) is 38.7 Å². The summed E-state index contributed by atoms with van der Waals surface area (Å²) in [6, 6.07) is 8.20. The van der Waals surface area contributed by atoms with E-state index in [2.05, 4.69) is 36.3 Å². The highest BCUT2D eigenvalue weighted by atomic mass is 16.5. The van der Waals surface area contributed by atoms with Gasteiger partial charge in [-0.1, -0.05) is 25.5 Å². The Labute approximate surface area is 118 Å². The zero-order valence-corrected chi connectivity index (χ0v) is 12.6. The Bertz CT molecular complexity index is 341. The summed E-state index contributed by atoms with van der Waals surface area (Å²) in [6.45, 7) is 5.57. The topological polar surface area (TPSA) is 24.5 Å². The molecule has 19 heavy (non-hydrogen) atoms. The van der Waals surface area contributed by atoms with E-state index in [9.17, 15) is 0 Å². The molecule has 0 spiro atoms. The Kier molecular flexibility index (Phi) is 8.07. The number of hydrogen-bond acceptors (Lipinski definition) is 3. The molecular formula is C16H28N2O. The van der Waals surface area contributed by atoms with E-state index in [0.717, 1.165) is 25.4 Å². The maximum atomic E-state index is 5.39. The van der Waals surface area contributed by atoms with Crippen molar-refractivity contribution >= 4 is 5.69 Å². The molecule has 1 aromatic carbocycles. The summed E-state index contributed by atoms with van der Waals surface area (Å²) < 4.78 is 5.39. The van der Waals surface area contributed by atoms with E-state index in [1.165, 1.54) is 31.4 Å². The number of ether oxygens (including phenoxy) is 1. The molecule has 3 nitrogen and oxygen atoms in total. The normalized spacial score (nSPS) is 10.5. The predicted octanol–water partition coefficient (Wildman–Crippen LogP) is 3.30. The number of hydrogen-bond donors (Lipinski definition) is 1. The fourth-order valence-corrected chi connectivity index (χ4v) is 2.14. The zero-order chi connectivity index (χ0) is 13.9. The zero-order valence-electron chi connectivity index (χ0n) is 12.6. The van der Waals surface area contributed by atoms with Gasteiger partial charge in [-0.05, 0) is 44.5 Å². The smallest absolute Gasteiger partial charge is 0.142 e. The molecule has 0 atom stereocenters. The SMILES string of the molecule is CCCNCCCCCN(C)c1ccccc1OC. The number of nitrogens with one attached hydrogen (secondary N) is 1. The van der Waals surface area contributed by atoms with Gasteiger partial charge < -0.3 is 15.0 Å². The highest BCUT2D eigenvalue weighted by Crippen LogP contribution is 2.26. The minimum absolute atomic E-state index is 0.953. The van der Waals surface area contributed by atoms with Crippen LogP contribution < -0.4 is 15.0 Å². The molecule has 1 N–H and O–H groups in total. The molecule has 1 aromatic rings. The van der Waals surface area contributed by atoms with E-state index >= 15 is 0 Å². The highest BCUT2D eigenvalue weighted by Gasteiger charge is 2.06. The number of nitrogens with zero attached hydrogens (tertiary/aromatic N) is 1. The molecule has 0 aliphatic rings. The summed E-state index contributed by atoms with van der Waals surface area (Å²) >= 11 is 0. The molecule has 0 bridgehead atoms. The quantitative estimate of drug-likeness (QED) is 0.656. The molecule has 0 fully saturated rings. The second-order valence-corrected chi connectivity index (χ2v) is 4.90. The molecule has 0 aromatic heterocycles. The van der Waals surface area contributed by atoms with Crippen molar-refractivity contribution in [3.05, 3.63) is 24.3 Å². The lowest BCUT2D eigenvalue weighted by Crippen LogP contribution is -2.20. The molecule has 3 heteroatoms. The Morgan fingerprint density at radius 2 is 1.89 bits per heavy atom. The van der Waals surface area contributed by atoms with Gasteiger partial charge in [0.15, 0.2) is 0 Å². The van der Waals surface area contributed by atoms with Crippen molar-refractivity contribution in [2.24, 2.45) is 0 Å². The van der Waals surface area contributed by atoms with Gasteiger partial charge >= 0.3 is 0 Å². The lowest BCUT2D eigenvalue weighted by molar-refractivity contribution is 0.414. The van der Waals surface area contributed by atoms with Gasteiger partial charge in [0.25, 0.3) is 0 Å². The van der Waals surface area contributed by atoms with Crippen molar-refractivity contribution in [3.8, 4) is 5.75 Å². The summed E-state index contributed by atoms with van der Waals surface area (Å²) in [6.07, 6.45) is 4.98. The standard InChI is InChI=1S/C16H28N2O/c1-4-12-17-13-8-5-9-14-18(2)15-10-6-7-11-16(15)19-3/h6-7,10-11,17H,4-5,8-9,12-14H2,1-3H3. The van der Waals surface area contributed by atoms with Crippen LogP contribution in [0.3, 0.4) is 0 Å². The van der Waals surface area contributed by atoms with Crippen molar-refractivity contribution < 1.29 is 4.74 Å². The van der Waals surface area contributed by atoms with Crippen LogP contribution in [0.1, 0.15) is 32.6 Å². The first-order valence-electron chi connectivity index (χ1n) is 7.34. The number of anilines is 1. The van der Waals surface area contributed by atoms with Crippen LogP contribution in [0.2, 0.25) is 0 Å². The van der Waals surface area contributed by atoms with Crippen molar-refractivity contribution in [3.63, 3.8) is 0 Å². The van der Waals surface area contributed by atoms with Crippen LogP contribution in [-0.4, -0.2) is 33.8 Å². The minimum Gasteiger partial charge on any atom is -0.495 e. The Morgan fingerprint density at radius 3 is 2.63 bits per heavy atom. The molecular weight excluding hydrogens is 236 g/mol. The van der Waals surface area contributed by atoms with E-state index in [1.54, 1.807) is 7.11 Å². The molecule has 0 amide bonds. The second kappa shape index (κ2) is 9.68. The number of benzene rings is 1. The molecule has 0 heterocycles. The Hall–Kier alpha value is -1.22. The fraction of sp³-hybridized carbons (Fsp3) is 0.625. The first-order valence-corrected chi connectivity index (χ1v) is 7.34. The summed E-state index contributed by atoms with van der Waals surface area (Å²) in [5.41, 5.74) is 1.18. The van der Waals surface area contributed by atoms with E-state index in [1.807, 2.05) is 12.1 Å². The van der Waals surface area contributed by atoms with Crippen LogP contribution in [0, 0.1) is 0 Å². The Morgan fingerprint density at radius 1 is 1.11 bits per heavy atom. The van der Waals surface area contributed by atoms with Crippen LogP contribution >= 0.6 is 0 Å². The van der Waals surface area contributed by atoms with Crippen LogP contribution in [-0.2, 0) is 0 Å². The molecule has 0 saturated heterocycles. The van der Waals surface area contributed by atoms with E-state index in [4.69, 9.17) is 4.74 Å². The van der Waals surface area contributed by atoms with Crippen LogP contribution in [0.5, 0.6) is 5.75 Å². The fourth-order valence-electron chi connectivity index (χ4n) is 2.14. The first-order chi connectivity index (χ1) is 9.29. The van der Waals surface area contributed by atoms with Crippen LogP contribution in [0.25, 0.3) is 0 Å². The van der Waals surface area contributed by atoms with Crippen molar-refractivity contribution in [2.45, 2.75) is 32.6 Å². The average Bonchev–Trinajstić information content (AvgIpc) is 2.46. The largest absolute Gasteiger partial charge is 0.495 e. The predicted molar refractivity (Wildman–Crippen MR) is 83.3 cm³/mol. The third kappa shape index (κ3) is 5.97. The number of para-hydroxylation sites is 2. The first kappa shape index (κ1) is 15.8. The monoisotopic (exact) mass is 264 g/mol. The minimum atomic E-state index is 0.953. The van der Waals surface area contributed by atoms with E-state index in [-0.39, 0.29) is 0 Å². The summed E-state index contributed by atoms with van der Waals surface area (Å²) in [5.74, 6) is 0.953. The van der Waals surface area contributed by atoms with Gasteiger partial charge in [0.1, 0.15) is 5.75 Å². The molecule has 108 valence electrons. The summed E-state index contributed by atoms with van der Waals surface area (Å²) in [5, 5.41) is 3.44. The molecule has 0 saturated carbocycles. The third-order valence-electron chi connectivity index (χ3n) is 3.27. The summed E-state index contributed by atoms with van der Waals surface area (Å²) in [4.78, 5) is 2.28. The van der Waals surface area contributed by atoms with Gasteiger partial charge in [-0.2, -0.15) is 0 Å². The van der Waals surface area contributed by atoms with Gasteiger partial charge in [-0.25, -0.2) is 0 Å². The Balaban J connectivity index is 2.22. The van der Waals surface area contributed by atoms with Gasteiger partial charge in [0.05, 0.1) is 12.8 Å². The van der Waals surface area contributed by atoms with Crippen molar-refractivity contribution in [1.29, 1.82) is 0 Å². The van der Waals surface area contributed by atoms with E-state index in [0.29, 0.717) is 0 Å². The number of unbranched alkanes of at least 4 members (excludes halogenated alkanes) is 2. The van der Waals surface area contributed by atoms with E-state index < -0.39 is 0 Å². The van der Waals surface area contributed by atoms with Gasteiger partial charge in [-0.15, -0.1) is 0 Å².